The monoisotopic (exact) mass is 199 g/mol. The fourth-order valence-corrected chi connectivity index (χ4v) is 1.29. The van der Waals surface area contributed by atoms with Crippen LogP contribution in [0.25, 0.3) is 0 Å². The number of rotatable bonds is 6. The Hall–Kier alpha value is -0.900. The maximum atomic E-state index is 12.0. The van der Waals surface area contributed by atoms with Gasteiger partial charge in [-0.25, -0.2) is 4.39 Å². The molecular weight excluding hydrogens is 181 g/mol. The molecule has 0 radical (unpaired) electrons. The van der Waals surface area contributed by atoms with E-state index in [-0.39, 0.29) is 6.67 Å². The summed E-state index contributed by atoms with van der Waals surface area (Å²) in [5.41, 5.74) is 1.12. The first-order valence-corrected chi connectivity index (χ1v) is 5.09. The number of hydrogen-bond donors (Lipinski definition) is 1. The molecule has 1 aromatic rings. The first-order valence-electron chi connectivity index (χ1n) is 5.09. The normalized spacial score (nSPS) is 13.1. The average Bonchev–Trinajstić information content (AvgIpc) is 2.63. The van der Waals surface area contributed by atoms with Gasteiger partial charge in [-0.2, -0.15) is 5.10 Å². The van der Waals surface area contributed by atoms with E-state index in [1.54, 1.807) is 10.9 Å². The fourth-order valence-electron chi connectivity index (χ4n) is 1.29. The van der Waals surface area contributed by atoms with Crippen molar-refractivity contribution in [3.63, 3.8) is 0 Å². The molecule has 0 bridgehead atoms. The number of nitrogens with zero attached hydrogens (tertiary/aromatic N) is 2. The SMILES string of the molecule is CCCNC(C)c1cnn(CCF)c1. The van der Waals surface area contributed by atoms with Gasteiger partial charge in [0.05, 0.1) is 12.7 Å². The minimum Gasteiger partial charge on any atom is -0.310 e. The van der Waals surface area contributed by atoms with Gasteiger partial charge in [0.15, 0.2) is 0 Å². The molecule has 0 aliphatic rings. The Kier molecular flexibility index (Phi) is 4.59. The van der Waals surface area contributed by atoms with Crippen molar-refractivity contribution >= 4 is 0 Å². The third kappa shape index (κ3) is 3.10. The van der Waals surface area contributed by atoms with Crippen LogP contribution in [0, 0.1) is 0 Å². The van der Waals surface area contributed by atoms with Crippen LogP contribution in [0.1, 0.15) is 31.9 Å². The summed E-state index contributed by atoms with van der Waals surface area (Å²) in [6.45, 7) is 5.20. The molecule has 0 saturated heterocycles. The van der Waals surface area contributed by atoms with Crippen molar-refractivity contribution in [2.45, 2.75) is 32.9 Å². The van der Waals surface area contributed by atoms with Crippen LogP contribution < -0.4 is 5.32 Å². The zero-order valence-electron chi connectivity index (χ0n) is 8.83. The van der Waals surface area contributed by atoms with E-state index in [0.717, 1.165) is 18.5 Å². The lowest BCUT2D eigenvalue weighted by Gasteiger charge is -2.10. The van der Waals surface area contributed by atoms with Crippen LogP contribution in [0.4, 0.5) is 4.39 Å². The number of nitrogens with one attached hydrogen (secondary N) is 1. The molecule has 0 saturated carbocycles. The van der Waals surface area contributed by atoms with Gasteiger partial charge in [-0.05, 0) is 19.9 Å². The first-order chi connectivity index (χ1) is 6.77. The van der Waals surface area contributed by atoms with Crippen molar-refractivity contribution in [1.29, 1.82) is 0 Å². The van der Waals surface area contributed by atoms with E-state index in [4.69, 9.17) is 0 Å². The van der Waals surface area contributed by atoms with E-state index in [9.17, 15) is 4.39 Å². The smallest absolute Gasteiger partial charge is 0.109 e. The molecule has 0 spiro atoms. The number of aromatic nitrogens is 2. The molecule has 1 heterocycles. The second kappa shape index (κ2) is 5.75. The molecule has 0 aromatic carbocycles. The van der Waals surface area contributed by atoms with Gasteiger partial charge < -0.3 is 5.32 Å². The highest BCUT2D eigenvalue weighted by atomic mass is 19.1. The average molecular weight is 199 g/mol. The van der Waals surface area contributed by atoms with Crippen LogP contribution in [0.3, 0.4) is 0 Å². The molecule has 4 heteroatoms. The largest absolute Gasteiger partial charge is 0.310 e. The third-order valence-corrected chi connectivity index (χ3v) is 2.17. The van der Waals surface area contributed by atoms with Crippen molar-refractivity contribution in [1.82, 2.24) is 15.1 Å². The number of aryl methyl sites for hydroxylation is 1. The Morgan fingerprint density at radius 1 is 1.64 bits per heavy atom. The standard InChI is InChI=1S/C10H18FN3/c1-3-5-12-9(2)10-7-13-14(8-10)6-4-11/h7-9,12H,3-6H2,1-2H3. The molecule has 1 rings (SSSR count). The summed E-state index contributed by atoms with van der Waals surface area (Å²) >= 11 is 0. The van der Waals surface area contributed by atoms with E-state index in [1.807, 2.05) is 6.20 Å². The minimum atomic E-state index is -0.363. The van der Waals surface area contributed by atoms with Crippen molar-refractivity contribution in [3.8, 4) is 0 Å². The van der Waals surface area contributed by atoms with Crippen LogP contribution in [-0.4, -0.2) is 23.0 Å². The molecule has 1 N–H and O–H groups in total. The Balaban J connectivity index is 2.48. The Bertz CT molecular complexity index is 260. The molecule has 1 aromatic heterocycles. The van der Waals surface area contributed by atoms with E-state index in [2.05, 4.69) is 24.3 Å². The van der Waals surface area contributed by atoms with Gasteiger partial charge in [0.2, 0.25) is 0 Å². The van der Waals surface area contributed by atoms with Crippen LogP contribution in [0.5, 0.6) is 0 Å². The second-order valence-electron chi connectivity index (χ2n) is 3.40. The lowest BCUT2D eigenvalue weighted by atomic mass is 10.2. The van der Waals surface area contributed by atoms with Crippen molar-refractivity contribution in [3.05, 3.63) is 18.0 Å². The Morgan fingerprint density at radius 2 is 2.43 bits per heavy atom. The zero-order chi connectivity index (χ0) is 10.4. The van der Waals surface area contributed by atoms with Gasteiger partial charge in [0.25, 0.3) is 0 Å². The van der Waals surface area contributed by atoms with Gasteiger partial charge in [0, 0.05) is 17.8 Å². The highest BCUT2D eigenvalue weighted by Gasteiger charge is 2.06. The molecule has 0 fully saturated rings. The predicted molar refractivity (Wildman–Crippen MR) is 54.9 cm³/mol. The molecule has 1 atom stereocenters. The summed E-state index contributed by atoms with van der Waals surface area (Å²) in [4.78, 5) is 0. The van der Waals surface area contributed by atoms with Gasteiger partial charge in [0.1, 0.15) is 6.67 Å². The van der Waals surface area contributed by atoms with Crippen LogP contribution in [0.15, 0.2) is 12.4 Å². The fraction of sp³-hybridized carbons (Fsp3) is 0.700. The summed E-state index contributed by atoms with van der Waals surface area (Å²) in [5.74, 6) is 0. The van der Waals surface area contributed by atoms with Crippen molar-refractivity contribution in [2.24, 2.45) is 0 Å². The van der Waals surface area contributed by atoms with E-state index >= 15 is 0 Å². The van der Waals surface area contributed by atoms with E-state index in [1.165, 1.54) is 0 Å². The Labute approximate surface area is 84.3 Å². The van der Waals surface area contributed by atoms with E-state index in [0.29, 0.717) is 12.6 Å². The predicted octanol–water partition coefficient (Wildman–Crippen LogP) is 1.91. The highest BCUT2D eigenvalue weighted by Crippen LogP contribution is 2.10. The van der Waals surface area contributed by atoms with Crippen molar-refractivity contribution in [2.75, 3.05) is 13.2 Å². The Morgan fingerprint density at radius 3 is 3.07 bits per heavy atom. The quantitative estimate of drug-likeness (QED) is 0.758. The maximum Gasteiger partial charge on any atom is 0.109 e. The molecule has 1 unspecified atom stereocenters. The van der Waals surface area contributed by atoms with Gasteiger partial charge in [-0.3, -0.25) is 4.68 Å². The molecular formula is C10H18FN3. The third-order valence-electron chi connectivity index (χ3n) is 2.17. The lowest BCUT2D eigenvalue weighted by Crippen LogP contribution is -2.18. The summed E-state index contributed by atoms with van der Waals surface area (Å²) in [6, 6.07) is 0.295. The minimum absolute atomic E-state index is 0.295. The molecule has 0 aliphatic heterocycles. The van der Waals surface area contributed by atoms with Crippen LogP contribution >= 0.6 is 0 Å². The molecule has 80 valence electrons. The van der Waals surface area contributed by atoms with Crippen molar-refractivity contribution < 1.29 is 4.39 Å². The number of halogens is 1. The zero-order valence-corrected chi connectivity index (χ0v) is 8.83. The number of hydrogen-bond acceptors (Lipinski definition) is 2. The second-order valence-corrected chi connectivity index (χ2v) is 3.40. The summed E-state index contributed by atoms with van der Waals surface area (Å²) < 4.78 is 13.7. The molecule has 0 aliphatic carbocycles. The summed E-state index contributed by atoms with van der Waals surface area (Å²) in [7, 11) is 0. The topological polar surface area (TPSA) is 29.9 Å². The van der Waals surface area contributed by atoms with Crippen LogP contribution in [-0.2, 0) is 6.54 Å². The molecule has 0 amide bonds. The summed E-state index contributed by atoms with van der Waals surface area (Å²) in [5, 5.41) is 7.43. The lowest BCUT2D eigenvalue weighted by molar-refractivity contribution is 0.426. The maximum absolute atomic E-state index is 12.0. The summed E-state index contributed by atoms with van der Waals surface area (Å²) in [6.07, 6.45) is 4.80. The van der Waals surface area contributed by atoms with Gasteiger partial charge >= 0.3 is 0 Å². The van der Waals surface area contributed by atoms with E-state index < -0.39 is 0 Å². The van der Waals surface area contributed by atoms with Gasteiger partial charge in [-0.15, -0.1) is 0 Å². The number of alkyl halides is 1. The van der Waals surface area contributed by atoms with Crippen LogP contribution in [0.2, 0.25) is 0 Å². The highest BCUT2D eigenvalue weighted by molar-refractivity contribution is 5.08. The molecule has 14 heavy (non-hydrogen) atoms. The molecule has 3 nitrogen and oxygen atoms in total. The van der Waals surface area contributed by atoms with Gasteiger partial charge in [-0.1, -0.05) is 6.92 Å². The first kappa shape index (κ1) is 11.2.